The summed E-state index contributed by atoms with van der Waals surface area (Å²) in [6.45, 7) is 3.91. The number of benzene rings is 1. The molecule has 3 N–H and O–H groups in total. The molecule has 0 aliphatic rings. The lowest BCUT2D eigenvalue weighted by molar-refractivity contribution is 0.534. The van der Waals surface area contributed by atoms with Gasteiger partial charge in [0.1, 0.15) is 0 Å². The molecule has 19 heavy (non-hydrogen) atoms. The van der Waals surface area contributed by atoms with E-state index in [4.69, 9.17) is 17.3 Å². The fraction of sp³-hybridized carbons (Fsp3) is 0.500. The van der Waals surface area contributed by atoms with E-state index < -0.39 is 10.0 Å². The van der Waals surface area contributed by atoms with Crippen LogP contribution in [0, 0.1) is 0 Å². The van der Waals surface area contributed by atoms with Crippen LogP contribution in [0.3, 0.4) is 0 Å². The van der Waals surface area contributed by atoms with Gasteiger partial charge in [-0.05, 0) is 41.4 Å². The van der Waals surface area contributed by atoms with Crippen LogP contribution >= 0.6 is 27.5 Å². The van der Waals surface area contributed by atoms with E-state index in [1.807, 2.05) is 6.92 Å². The Morgan fingerprint density at radius 3 is 2.68 bits per heavy atom. The van der Waals surface area contributed by atoms with E-state index in [1.54, 1.807) is 0 Å². The second-order valence-electron chi connectivity index (χ2n) is 4.47. The van der Waals surface area contributed by atoms with Gasteiger partial charge in [-0.3, -0.25) is 0 Å². The molecule has 4 nitrogen and oxygen atoms in total. The fourth-order valence-electron chi connectivity index (χ4n) is 1.68. The minimum Gasteiger partial charge on any atom is -0.398 e. The van der Waals surface area contributed by atoms with Gasteiger partial charge in [0.2, 0.25) is 10.0 Å². The Morgan fingerprint density at radius 2 is 2.11 bits per heavy atom. The summed E-state index contributed by atoms with van der Waals surface area (Å²) in [5, 5.41) is 0.294. The highest BCUT2D eigenvalue weighted by Crippen LogP contribution is 2.31. The first-order chi connectivity index (χ1) is 8.77. The van der Waals surface area contributed by atoms with Crippen LogP contribution in [0.25, 0.3) is 0 Å². The van der Waals surface area contributed by atoms with Crippen molar-refractivity contribution in [1.29, 1.82) is 0 Å². The molecule has 0 radical (unpaired) electrons. The topological polar surface area (TPSA) is 72.2 Å². The number of anilines is 1. The van der Waals surface area contributed by atoms with E-state index in [9.17, 15) is 8.42 Å². The van der Waals surface area contributed by atoms with Crippen LogP contribution in [0.15, 0.2) is 21.5 Å². The summed E-state index contributed by atoms with van der Waals surface area (Å²) in [6, 6.07) is 2.76. The van der Waals surface area contributed by atoms with E-state index in [0.29, 0.717) is 15.2 Å². The van der Waals surface area contributed by atoms with Gasteiger partial charge in [-0.25, -0.2) is 13.1 Å². The monoisotopic (exact) mass is 368 g/mol. The number of nitrogens with two attached hydrogens (primary N) is 1. The van der Waals surface area contributed by atoms with Crippen molar-refractivity contribution in [2.24, 2.45) is 0 Å². The molecular formula is C12H18BrClN2O2S. The van der Waals surface area contributed by atoms with Crippen LogP contribution < -0.4 is 10.5 Å². The van der Waals surface area contributed by atoms with E-state index in [0.717, 1.165) is 19.3 Å². The van der Waals surface area contributed by atoms with E-state index in [2.05, 4.69) is 27.6 Å². The zero-order chi connectivity index (χ0) is 14.6. The SMILES string of the molecule is CCCCC(C)NS(=O)(=O)c1cc(Cl)cc(N)c1Br. The summed E-state index contributed by atoms with van der Waals surface area (Å²) in [4.78, 5) is 0.0702. The Labute approximate surface area is 127 Å². The van der Waals surface area contributed by atoms with Crippen molar-refractivity contribution >= 4 is 43.2 Å². The van der Waals surface area contributed by atoms with E-state index in [1.165, 1.54) is 12.1 Å². The number of halogens is 2. The third-order valence-electron chi connectivity index (χ3n) is 2.67. The van der Waals surface area contributed by atoms with Crippen molar-refractivity contribution in [2.45, 2.75) is 44.0 Å². The molecule has 0 saturated carbocycles. The van der Waals surface area contributed by atoms with Gasteiger partial charge >= 0.3 is 0 Å². The Bertz CT molecular complexity index is 549. The standard InChI is InChI=1S/C12H18BrClN2O2S/c1-3-4-5-8(2)16-19(17,18)11-7-9(14)6-10(15)12(11)13/h6-8,16H,3-5,15H2,1-2H3. The molecule has 1 atom stereocenters. The Balaban J connectivity index is 3.01. The first-order valence-electron chi connectivity index (χ1n) is 6.04. The molecule has 1 unspecified atom stereocenters. The Morgan fingerprint density at radius 1 is 1.47 bits per heavy atom. The molecule has 1 rings (SSSR count). The Kier molecular flexibility index (Phi) is 6.11. The Hall–Kier alpha value is -0.300. The van der Waals surface area contributed by atoms with E-state index >= 15 is 0 Å². The molecule has 0 amide bonds. The average Bonchev–Trinajstić information content (AvgIpc) is 2.30. The van der Waals surface area contributed by atoms with Crippen LogP contribution in [-0.4, -0.2) is 14.5 Å². The number of hydrogen-bond donors (Lipinski definition) is 2. The molecule has 0 aliphatic carbocycles. The van der Waals surface area contributed by atoms with Gasteiger partial charge in [-0.2, -0.15) is 0 Å². The fourth-order valence-corrected chi connectivity index (χ4v) is 4.25. The number of rotatable bonds is 6. The van der Waals surface area contributed by atoms with Gasteiger partial charge in [-0.15, -0.1) is 0 Å². The highest BCUT2D eigenvalue weighted by molar-refractivity contribution is 9.10. The number of nitrogen functional groups attached to an aromatic ring is 1. The number of hydrogen-bond acceptors (Lipinski definition) is 3. The molecule has 0 saturated heterocycles. The summed E-state index contributed by atoms with van der Waals surface area (Å²) < 4.78 is 27.5. The van der Waals surface area contributed by atoms with Crippen LogP contribution in [0.4, 0.5) is 5.69 Å². The second-order valence-corrected chi connectivity index (χ2v) is 7.38. The summed E-state index contributed by atoms with van der Waals surface area (Å²) in [5.41, 5.74) is 6.01. The molecule has 0 aromatic heterocycles. The van der Waals surface area contributed by atoms with Gasteiger partial charge in [0.25, 0.3) is 0 Å². The maximum absolute atomic E-state index is 12.3. The molecule has 0 heterocycles. The minimum absolute atomic E-state index is 0.0702. The highest BCUT2D eigenvalue weighted by atomic mass is 79.9. The molecule has 0 bridgehead atoms. The predicted molar refractivity (Wildman–Crippen MR) is 82.9 cm³/mol. The molecule has 0 fully saturated rings. The molecule has 1 aromatic rings. The largest absolute Gasteiger partial charge is 0.398 e. The quantitative estimate of drug-likeness (QED) is 0.753. The van der Waals surface area contributed by atoms with Gasteiger partial charge < -0.3 is 5.73 Å². The molecule has 0 spiro atoms. The lowest BCUT2D eigenvalue weighted by Gasteiger charge is -2.15. The lowest BCUT2D eigenvalue weighted by Crippen LogP contribution is -2.32. The van der Waals surface area contributed by atoms with Crippen molar-refractivity contribution in [1.82, 2.24) is 4.72 Å². The van der Waals surface area contributed by atoms with Gasteiger partial charge in [0.15, 0.2) is 0 Å². The van der Waals surface area contributed by atoms with Crippen LogP contribution in [0.2, 0.25) is 5.02 Å². The smallest absolute Gasteiger partial charge is 0.242 e. The van der Waals surface area contributed by atoms with Crippen molar-refractivity contribution < 1.29 is 8.42 Å². The zero-order valence-electron chi connectivity index (χ0n) is 10.9. The first-order valence-corrected chi connectivity index (χ1v) is 8.70. The molecule has 1 aromatic carbocycles. The van der Waals surface area contributed by atoms with Crippen molar-refractivity contribution in [3.8, 4) is 0 Å². The van der Waals surface area contributed by atoms with Crippen molar-refractivity contribution in [3.05, 3.63) is 21.6 Å². The molecule has 108 valence electrons. The number of sulfonamides is 1. The summed E-state index contributed by atoms with van der Waals surface area (Å²) in [7, 11) is -3.63. The molecule has 7 heteroatoms. The summed E-state index contributed by atoms with van der Waals surface area (Å²) in [6.07, 6.45) is 2.80. The number of nitrogens with one attached hydrogen (secondary N) is 1. The predicted octanol–water partition coefficient (Wildman–Crippen LogP) is 3.54. The summed E-state index contributed by atoms with van der Waals surface area (Å²) >= 11 is 9.05. The third-order valence-corrected chi connectivity index (χ3v) is 5.65. The maximum atomic E-state index is 12.3. The van der Waals surface area contributed by atoms with Gasteiger partial charge in [0.05, 0.1) is 9.37 Å². The van der Waals surface area contributed by atoms with Crippen LogP contribution in [-0.2, 0) is 10.0 Å². The van der Waals surface area contributed by atoms with E-state index in [-0.39, 0.29) is 10.9 Å². The maximum Gasteiger partial charge on any atom is 0.242 e. The van der Waals surface area contributed by atoms with Gasteiger partial charge in [0, 0.05) is 16.8 Å². The first kappa shape index (κ1) is 16.8. The van der Waals surface area contributed by atoms with Gasteiger partial charge in [-0.1, -0.05) is 31.4 Å². The highest BCUT2D eigenvalue weighted by Gasteiger charge is 2.22. The molecular weight excluding hydrogens is 352 g/mol. The summed E-state index contributed by atoms with van der Waals surface area (Å²) in [5.74, 6) is 0. The normalized spacial score (nSPS) is 13.5. The van der Waals surface area contributed by atoms with Crippen molar-refractivity contribution in [3.63, 3.8) is 0 Å². The number of unbranched alkanes of at least 4 members (excludes halogenated alkanes) is 1. The third kappa shape index (κ3) is 4.63. The molecule has 0 aliphatic heterocycles. The average molecular weight is 370 g/mol. The zero-order valence-corrected chi connectivity index (χ0v) is 14.1. The van der Waals surface area contributed by atoms with Crippen LogP contribution in [0.5, 0.6) is 0 Å². The minimum atomic E-state index is -3.63. The van der Waals surface area contributed by atoms with Crippen LogP contribution in [0.1, 0.15) is 33.1 Å². The second kappa shape index (κ2) is 6.92. The lowest BCUT2D eigenvalue weighted by atomic mass is 10.2. The van der Waals surface area contributed by atoms with Crippen molar-refractivity contribution in [2.75, 3.05) is 5.73 Å².